The highest BCUT2D eigenvalue weighted by atomic mass is 16.5. The summed E-state index contributed by atoms with van der Waals surface area (Å²) in [4.78, 5) is 14.6. The van der Waals surface area contributed by atoms with Gasteiger partial charge in [0.1, 0.15) is 0 Å². The lowest BCUT2D eigenvalue weighted by molar-refractivity contribution is 0.0945. The molecule has 0 saturated carbocycles. The Morgan fingerprint density at radius 1 is 1.00 bits per heavy atom. The van der Waals surface area contributed by atoms with Crippen LogP contribution in [0.3, 0.4) is 0 Å². The Hall–Kier alpha value is -2.83. The fourth-order valence-electron chi connectivity index (χ4n) is 3.18. The van der Waals surface area contributed by atoms with Gasteiger partial charge >= 0.3 is 0 Å². The SMILES string of the molecule is COc1ccc(CNC(=O)c2ccc(N3CCCCCC3)nn2)cc1OC. The van der Waals surface area contributed by atoms with E-state index in [2.05, 4.69) is 20.4 Å². The van der Waals surface area contributed by atoms with Crippen LogP contribution in [0.1, 0.15) is 41.7 Å². The van der Waals surface area contributed by atoms with Gasteiger partial charge in [-0.3, -0.25) is 4.79 Å². The Morgan fingerprint density at radius 3 is 2.37 bits per heavy atom. The number of hydrogen-bond donors (Lipinski definition) is 1. The second-order valence-electron chi connectivity index (χ2n) is 6.55. The molecule has 1 N–H and O–H groups in total. The fourth-order valence-corrected chi connectivity index (χ4v) is 3.18. The van der Waals surface area contributed by atoms with E-state index in [0.717, 1.165) is 24.5 Å². The van der Waals surface area contributed by atoms with Crippen LogP contribution in [0.2, 0.25) is 0 Å². The number of amides is 1. The van der Waals surface area contributed by atoms with Gasteiger partial charge in [0.25, 0.3) is 5.91 Å². The maximum absolute atomic E-state index is 12.4. The van der Waals surface area contributed by atoms with Crippen LogP contribution in [0.5, 0.6) is 11.5 Å². The van der Waals surface area contributed by atoms with Gasteiger partial charge in [-0.1, -0.05) is 18.9 Å². The van der Waals surface area contributed by atoms with Crippen molar-refractivity contribution >= 4 is 11.7 Å². The van der Waals surface area contributed by atoms with Gasteiger partial charge < -0.3 is 19.7 Å². The van der Waals surface area contributed by atoms with Gasteiger partial charge in [0.05, 0.1) is 14.2 Å². The summed E-state index contributed by atoms with van der Waals surface area (Å²) in [5.41, 5.74) is 1.23. The van der Waals surface area contributed by atoms with E-state index in [9.17, 15) is 4.79 Å². The molecule has 0 radical (unpaired) electrons. The molecule has 0 unspecified atom stereocenters. The number of rotatable bonds is 6. The zero-order valence-electron chi connectivity index (χ0n) is 15.9. The van der Waals surface area contributed by atoms with Crippen molar-refractivity contribution in [1.29, 1.82) is 0 Å². The van der Waals surface area contributed by atoms with Crippen molar-refractivity contribution in [3.05, 3.63) is 41.6 Å². The summed E-state index contributed by atoms with van der Waals surface area (Å²) in [6.07, 6.45) is 4.88. The monoisotopic (exact) mass is 370 g/mol. The molecular formula is C20H26N4O3. The molecule has 2 heterocycles. The number of nitrogens with one attached hydrogen (secondary N) is 1. The summed E-state index contributed by atoms with van der Waals surface area (Å²) < 4.78 is 10.5. The zero-order chi connectivity index (χ0) is 19.1. The molecule has 2 aromatic rings. The van der Waals surface area contributed by atoms with Crippen molar-refractivity contribution in [2.24, 2.45) is 0 Å². The average Bonchev–Trinajstić information content (AvgIpc) is 3.01. The van der Waals surface area contributed by atoms with Gasteiger partial charge in [-0.25, -0.2) is 0 Å². The summed E-state index contributed by atoms with van der Waals surface area (Å²) in [5, 5.41) is 11.2. The molecular weight excluding hydrogens is 344 g/mol. The molecule has 3 rings (SSSR count). The fraction of sp³-hybridized carbons (Fsp3) is 0.450. The molecule has 1 saturated heterocycles. The minimum absolute atomic E-state index is 0.250. The molecule has 1 aliphatic rings. The Morgan fingerprint density at radius 2 is 1.74 bits per heavy atom. The minimum atomic E-state index is -0.250. The van der Waals surface area contributed by atoms with Gasteiger partial charge in [-0.2, -0.15) is 0 Å². The predicted molar refractivity (Wildman–Crippen MR) is 103 cm³/mol. The van der Waals surface area contributed by atoms with E-state index in [1.807, 2.05) is 24.3 Å². The van der Waals surface area contributed by atoms with Crippen molar-refractivity contribution in [1.82, 2.24) is 15.5 Å². The minimum Gasteiger partial charge on any atom is -0.493 e. The molecule has 0 aliphatic carbocycles. The largest absolute Gasteiger partial charge is 0.493 e. The second kappa shape index (κ2) is 9.21. The molecule has 27 heavy (non-hydrogen) atoms. The number of anilines is 1. The summed E-state index contributed by atoms with van der Waals surface area (Å²) in [6.45, 7) is 2.37. The van der Waals surface area contributed by atoms with Crippen LogP contribution < -0.4 is 19.7 Å². The molecule has 1 fully saturated rings. The Balaban J connectivity index is 1.59. The van der Waals surface area contributed by atoms with Crippen LogP contribution in [0.4, 0.5) is 5.82 Å². The first-order valence-corrected chi connectivity index (χ1v) is 9.29. The quantitative estimate of drug-likeness (QED) is 0.843. The first kappa shape index (κ1) is 18.9. The highest BCUT2D eigenvalue weighted by Gasteiger charge is 2.14. The molecule has 0 atom stereocenters. The first-order chi connectivity index (χ1) is 13.2. The smallest absolute Gasteiger partial charge is 0.272 e. The van der Waals surface area contributed by atoms with Crippen LogP contribution in [0.15, 0.2) is 30.3 Å². The van der Waals surface area contributed by atoms with E-state index in [4.69, 9.17) is 9.47 Å². The number of carbonyl (C=O) groups is 1. The molecule has 1 aromatic carbocycles. The van der Waals surface area contributed by atoms with Gasteiger partial charge in [-0.15, -0.1) is 10.2 Å². The van der Waals surface area contributed by atoms with Crippen LogP contribution in [0, 0.1) is 0 Å². The summed E-state index contributed by atoms with van der Waals surface area (Å²) in [6, 6.07) is 9.15. The maximum Gasteiger partial charge on any atom is 0.272 e. The average molecular weight is 370 g/mol. The lowest BCUT2D eigenvalue weighted by atomic mass is 10.2. The van der Waals surface area contributed by atoms with Crippen molar-refractivity contribution in [3.63, 3.8) is 0 Å². The molecule has 7 heteroatoms. The summed E-state index contributed by atoms with van der Waals surface area (Å²) in [5.74, 6) is 1.88. The number of ether oxygens (including phenoxy) is 2. The van der Waals surface area contributed by atoms with Gasteiger partial charge in [0.15, 0.2) is 23.0 Å². The van der Waals surface area contributed by atoms with Crippen molar-refractivity contribution in [3.8, 4) is 11.5 Å². The van der Waals surface area contributed by atoms with E-state index in [1.165, 1.54) is 25.7 Å². The van der Waals surface area contributed by atoms with E-state index in [-0.39, 0.29) is 5.91 Å². The standard InChI is InChI=1S/C20H26N4O3/c1-26-17-9-7-15(13-18(17)27-2)14-21-20(25)16-8-10-19(23-22-16)24-11-5-3-4-6-12-24/h7-10,13H,3-6,11-12,14H2,1-2H3,(H,21,25). The first-order valence-electron chi connectivity index (χ1n) is 9.29. The Bertz CT molecular complexity index is 756. The molecule has 144 valence electrons. The Labute approximate surface area is 159 Å². The number of carbonyl (C=O) groups excluding carboxylic acids is 1. The lowest BCUT2D eigenvalue weighted by Crippen LogP contribution is -2.27. The van der Waals surface area contributed by atoms with Crippen LogP contribution in [-0.4, -0.2) is 43.4 Å². The van der Waals surface area contributed by atoms with Crippen molar-refractivity contribution in [2.75, 3.05) is 32.2 Å². The van der Waals surface area contributed by atoms with E-state index in [1.54, 1.807) is 20.3 Å². The second-order valence-corrected chi connectivity index (χ2v) is 6.55. The number of hydrogen-bond acceptors (Lipinski definition) is 6. The third kappa shape index (κ3) is 4.87. The van der Waals surface area contributed by atoms with Crippen molar-refractivity contribution in [2.45, 2.75) is 32.2 Å². The lowest BCUT2D eigenvalue weighted by Gasteiger charge is -2.20. The van der Waals surface area contributed by atoms with E-state index < -0.39 is 0 Å². The molecule has 1 amide bonds. The molecule has 1 aromatic heterocycles. The van der Waals surface area contributed by atoms with Gasteiger partial charge in [0.2, 0.25) is 0 Å². The van der Waals surface area contributed by atoms with E-state index >= 15 is 0 Å². The topological polar surface area (TPSA) is 76.6 Å². The normalized spacial score (nSPS) is 14.4. The van der Waals surface area contributed by atoms with Crippen LogP contribution in [0.25, 0.3) is 0 Å². The van der Waals surface area contributed by atoms with Gasteiger partial charge in [0, 0.05) is 19.6 Å². The summed E-state index contributed by atoms with van der Waals surface area (Å²) in [7, 11) is 3.18. The number of benzene rings is 1. The molecule has 0 spiro atoms. The Kier molecular flexibility index (Phi) is 6.46. The van der Waals surface area contributed by atoms with Crippen molar-refractivity contribution < 1.29 is 14.3 Å². The molecule has 0 bridgehead atoms. The van der Waals surface area contributed by atoms with E-state index in [0.29, 0.717) is 23.7 Å². The molecule has 7 nitrogen and oxygen atoms in total. The predicted octanol–water partition coefficient (Wildman–Crippen LogP) is 2.80. The highest BCUT2D eigenvalue weighted by Crippen LogP contribution is 2.27. The van der Waals surface area contributed by atoms with Crippen LogP contribution in [-0.2, 0) is 6.54 Å². The number of methoxy groups -OCH3 is 2. The number of aromatic nitrogens is 2. The third-order valence-electron chi connectivity index (χ3n) is 4.71. The molecule has 1 aliphatic heterocycles. The zero-order valence-corrected chi connectivity index (χ0v) is 15.9. The number of nitrogens with zero attached hydrogens (tertiary/aromatic N) is 3. The summed E-state index contributed by atoms with van der Waals surface area (Å²) >= 11 is 0. The highest BCUT2D eigenvalue weighted by molar-refractivity contribution is 5.92. The van der Waals surface area contributed by atoms with Gasteiger partial charge in [-0.05, 0) is 42.7 Å². The maximum atomic E-state index is 12.4. The van der Waals surface area contributed by atoms with Crippen LogP contribution >= 0.6 is 0 Å². The third-order valence-corrected chi connectivity index (χ3v) is 4.71.